The van der Waals surface area contributed by atoms with E-state index in [4.69, 9.17) is 9.47 Å². The molecule has 0 unspecified atom stereocenters. The molecule has 0 radical (unpaired) electrons. The zero-order valence-electron chi connectivity index (χ0n) is 17.2. The van der Waals surface area contributed by atoms with Crippen LogP contribution in [0.1, 0.15) is 25.7 Å². The molecule has 2 amide bonds. The molecule has 1 N–H and O–H groups in total. The van der Waals surface area contributed by atoms with Crippen molar-refractivity contribution in [3.63, 3.8) is 0 Å². The number of amides is 2. The summed E-state index contributed by atoms with van der Waals surface area (Å²) < 4.78 is 10.6. The lowest BCUT2D eigenvalue weighted by molar-refractivity contribution is 0.0652. The zero-order chi connectivity index (χ0) is 22.8. The number of thiazole rings is 1. The van der Waals surface area contributed by atoms with E-state index < -0.39 is 24.1 Å². The largest absolute Gasteiger partial charge is 0.509 e. The summed E-state index contributed by atoms with van der Waals surface area (Å²) in [5.41, 5.74) is 1.76. The fourth-order valence-electron chi connectivity index (χ4n) is 3.36. The van der Waals surface area contributed by atoms with Gasteiger partial charge in [0.1, 0.15) is 22.4 Å². The molecule has 0 fully saturated rings. The van der Waals surface area contributed by atoms with Crippen molar-refractivity contribution in [3.8, 4) is 28.8 Å². The summed E-state index contributed by atoms with van der Waals surface area (Å²) in [4.78, 5) is 30.5. The van der Waals surface area contributed by atoms with Gasteiger partial charge in [0.25, 0.3) is 11.8 Å². The van der Waals surface area contributed by atoms with E-state index >= 15 is 0 Å². The number of rotatable bonds is 6. The summed E-state index contributed by atoms with van der Waals surface area (Å²) in [6.45, 7) is -0.416. The summed E-state index contributed by atoms with van der Waals surface area (Å²) >= 11 is 1.16. The van der Waals surface area contributed by atoms with Crippen molar-refractivity contribution in [1.29, 1.82) is 5.26 Å². The van der Waals surface area contributed by atoms with Gasteiger partial charge in [0, 0.05) is 10.9 Å². The number of carbonyl (C=O) groups is 2. The Kier molecular flexibility index (Phi) is 5.62. The van der Waals surface area contributed by atoms with E-state index in [1.807, 2.05) is 6.07 Å². The molecule has 160 valence electrons. The van der Waals surface area contributed by atoms with E-state index in [1.165, 1.54) is 7.11 Å². The van der Waals surface area contributed by atoms with Gasteiger partial charge in [-0.25, -0.2) is 4.98 Å². The normalized spacial score (nSPS) is 13.5. The Labute approximate surface area is 187 Å². The molecule has 2 heterocycles. The van der Waals surface area contributed by atoms with Gasteiger partial charge in [0.15, 0.2) is 11.5 Å². The van der Waals surface area contributed by atoms with Crippen molar-refractivity contribution >= 4 is 28.7 Å². The summed E-state index contributed by atoms with van der Waals surface area (Å²) in [5, 5.41) is 22.3. The number of imide groups is 1. The molecule has 3 aromatic rings. The van der Waals surface area contributed by atoms with Crippen LogP contribution in [0.3, 0.4) is 0 Å². The van der Waals surface area contributed by atoms with Gasteiger partial charge >= 0.3 is 0 Å². The van der Waals surface area contributed by atoms with Crippen LogP contribution in [0.5, 0.6) is 11.5 Å². The number of hydrogen-bond acceptors (Lipinski definition) is 8. The Hall–Kier alpha value is -4.16. The fraction of sp³-hybridized carbons (Fsp3) is 0.130. The third-order valence-electron chi connectivity index (χ3n) is 4.98. The van der Waals surface area contributed by atoms with Crippen molar-refractivity contribution in [2.75, 3.05) is 20.8 Å². The van der Waals surface area contributed by atoms with Gasteiger partial charge in [0.2, 0.25) is 0 Å². The molecule has 0 saturated heterocycles. The lowest BCUT2D eigenvalue weighted by Crippen LogP contribution is -2.32. The lowest BCUT2D eigenvalue weighted by Gasteiger charge is -2.13. The third-order valence-corrected chi connectivity index (χ3v) is 5.84. The standard InChI is InChI=1S/C23H17N3O5S/c1-30-19-8-7-13(9-20(19)31-2)17-12-32-21(25-17)16(10-24)18(27)11-26-22(28)14-5-3-4-6-15(14)23(26)29/h3-9,12,27H,11H2,1-2H3. The van der Waals surface area contributed by atoms with Crippen LogP contribution in [0.2, 0.25) is 0 Å². The number of hydrogen-bond donors (Lipinski definition) is 1. The average Bonchev–Trinajstić information content (AvgIpc) is 3.39. The molecule has 0 bridgehead atoms. The minimum Gasteiger partial charge on any atom is -0.509 e. The fourth-order valence-corrected chi connectivity index (χ4v) is 4.21. The van der Waals surface area contributed by atoms with Crippen molar-refractivity contribution in [2.45, 2.75) is 0 Å². The number of aliphatic hydroxyl groups is 1. The van der Waals surface area contributed by atoms with E-state index in [-0.39, 0.29) is 21.7 Å². The molecular weight excluding hydrogens is 430 g/mol. The summed E-state index contributed by atoms with van der Waals surface area (Å²) in [5.74, 6) is -0.332. The highest BCUT2D eigenvalue weighted by Gasteiger charge is 2.36. The van der Waals surface area contributed by atoms with E-state index in [1.54, 1.807) is 55.0 Å². The second kappa shape index (κ2) is 8.53. The van der Waals surface area contributed by atoms with Crippen LogP contribution in [0.4, 0.5) is 0 Å². The second-order valence-electron chi connectivity index (χ2n) is 6.78. The van der Waals surface area contributed by atoms with Crippen molar-refractivity contribution in [3.05, 3.63) is 69.7 Å². The maximum absolute atomic E-state index is 12.5. The highest BCUT2D eigenvalue weighted by molar-refractivity contribution is 7.11. The second-order valence-corrected chi connectivity index (χ2v) is 7.64. The smallest absolute Gasteiger partial charge is 0.261 e. The van der Waals surface area contributed by atoms with Crippen LogP contribution >= 0.6 is 11.3 Å². The zero-order valence-corrected chi connectivity index (χ0v) is 18.0. The van der Waals surface area contributed by atoms with Crippen LogP contribution in [0.25, 0.3) is 16.8 Å². The number of aliphatic hydroxyl groups excluding tert-OH is 1. The maximum Gasteiger partial charge on any atom is 0.261 e. The first-order valence-electron chi connectivity index (χ1n) is 9.44. The van der Waals surface area contributed by atoms with Crippen LogP contribution in [0.15, 0.2) is 53.6 Å². The third kappa shape index (κ3) is 3.57. The van der Waals surface area contributed by atoms with Gasteiger partial charge in [-0.05, 0) is 30.3 Å². The Bertz CT molecular complexity index is 1270. The molecular formula is C23H17N3O5S. The van der Waals surface area contributed by atoms with Gasteiger partial charge in [-0.15, -0.1) is 11.3 Å². The Balaban J connectivity index is 1.62. The number of carbonyl (C=O) groups excluding carboxylic acids is 2. The van der Waals surface area contributed by atoms with E-state index in [0.717, 1.165) is 21.8 Å². The Morgan fingerprint density at radius 3 is 2.34 bits per heavy atom. The molecule has 32 heavy (non-hydrogen) atoms. The predicted molar refractivity (Wildman–Crippen MR) is 118 cm³/mol. The summed E-state index contributed by atoms with van der Waals surface area (Å²) in [6, 6.07) is 13.7. The molecule has 0 aliphatic carbocycles. The topological polar surface area (TPSA) is 113 Å². The first kappa shape index (κ1) is 21.1. The monoisotopic (exact) mass is 447 g/mol. The number of benzene rings is 2. The highest BCUT2D eigenvalue weighted by Crippen LogP contribution is 2.34. The van der Waals surface area contributed by atoms with E-state index in [9.17, 15) is 20.0 Å². The Morgan fingerprint density at radius 1 is 1.09 bits per heavy atom. The first-order chi connectivity index (χ1) is 15.5. The molecule has 1 aromatic heterocycles. The van der Waals surface area contributed by atoms with Crippen LogP contribution in [-0.4, -0.2) is 47.6 Å². The first-order valence-corrected chi connectivity index (χ1v) is 10.3. The van der Waals surface area contributed by atoms with Crippen LogP contribution in [0, 0.1) is 11.3 Å². The minimum atomic E-state index is -0.514. The lowest BCUT2D eigenvalue weighted by atomic mass is 10.1. The van der Waals surface area contributed by atoms with E-state index in [0.29, 0.717) is 17.2 Å². The van der Waals surface area contributed by atoms with Crippen molar-refractivity contribution in [1.82, 2.24) is 9.88 Å². The molecule has 0 saturated carbocycles. The van der Waals surface area contributed by atoms with Gasteiger partial charge in [-0.3, -0.25) is 14.5 Å². The molecule has 9 heteroatoms. The molecule has 2 aromatic carbocycles. The summed E-state index contributed by atoms with van der Waals surface area (Å²) in [6.07, 6.45) is 0. The molecule has 0 atom stereocenters. The molecule has 0 spiro atoms. The number of fused-ring (bicyclic) bond motifs is 1. The van der Waals surface area contributed by atoms with Gasteiger partial charge in [-0.2, -0.15) is 5.26 Å². The average molecular weight is 447 g/mol. The number of methoxy groups -OCH3 is 2. The maximum atomic E-state index is 12.5. The highest BCUT2D eigenvalue weighted by atomic mass is 32.1. The SMILES string of the molecule is COc1ccc(-c2csc(C(C#N)=C(O)CN3C(=O)c4ccccc4C3=O)n2)cc1OC. The Morgan fingerprint density at radius 2 is 1.75 bits per heavy atom. The van der Waals surface area contributed by atoms with Crippen LogP contribution < -0.4 is 9.47 Å². The quantitative estimate of drug-likeness (QED) is 0.346. The number of ether oxygens (including phenoxy) is 2. The number of nitrogens with zero attached hydrogens (tertiary/aromatic N) is 3. The van der Waals surface area contributed by atoms with Crippen molar-refractivity contribution in [2.24, 2.45) is 0 Å². The molecule has 1 aliphatic heterocycles. The van der Waals surface area contributed by atoms with Crippen LogP contribution in [-0.2, 0) is 0 Å². The molecule has 4 rings (SSSR count). The van der Waals surface area contributed by atoms with Gasteiger partial charge in [0.05, 0.1) is 37.6 Å². The van der Waals surface area contributed by atoms with Gasteiger partial charge in [-0.1, -0.05) is 12.1 Å². The number of nitriles is 1. The van der Waals surface area contributed by atoms with E-state index in [2.05, 4.69) is 4.98 Å². The predicted octanol–water partition coefficient (Wildman–Crippen LogP) is 3.92. The molecule has 8 nitrogen and oxygen atoms in total. The minimum absolute atomic E-state index is 0.0988. The van der Waals surface area contributed by atoms with Crippen molar-refractivity contribution < 1.29 is 24.2 Å². The summed E-state index contributed by atoms with van der Waals surface area (Å²) in [7, 11) is 3.07. The molecule has 1 aliphatic rings. The van der Waals surface area contributed by atoms with Gasteiger partial charge < -0.3 is 14.6 Å². The number of aromatic nitrogens is 1. The number of allylic oxidation sites excluding steroid dienone is 1.